The van der Waals surface area contributed by atoms with E-state index in [2.05, 4.69) is 15.2 Å². The summed E-state index contributed by atoms with van der Waals surface area (Å²) >= 11 is 2.93. The molecule has 25 heavy (non-hydrogen) atoms. The number of aryl methyl sites for hydroxylation is 1. The first kappa shape index (κ1) is 17.6. The molecule has 8 heteroatoms. The van der Waals surface area contributed by atoms with Gasteiger partial charge in [-0.2, -0.15) is 0 Å². The van der Waals surface area contributed by atoms with E-state index < -0.39 is 5.91 Å². The van der Waals surface area contributed by atoms with Crippen LogP contribution in [0.5, 0.6) is 0 Å². The third kappa shape index (κ3) is 3.45. The summed E-state index contributed by atoms with van der Waals surface area (Å²) in [5.41, 5.74) is 8.74. The summed E-state index contributed by atoms with van der Waals surface area (Å²) in [5, 5.41) is 10.6. The average Bonchev–Trinajstić information content (AvgIpc) is 3.23. The summed E-state index contributed by atoms with van der Waals surface area (Å²) in [4.78, 5) is 17.4. The normalized spacial score (nSPS) is 12.3. The first-order chi connectivity index (χ1) is 11.9. The maximum Gasteiger partial charge on any atom is 0.257 e. The van der Waals surface area contributed by atoms with Crippen molar-refractivity contribution in [2.45, 2.75) is 38.0 Å². The van der Waals surface area contributed by atoms with E-state index in [0.29, 0.717) is 22.4 Å². The van der Waals surface area contributed by atoms with Gasteiger partial charge in [-0.1, -0.05) is 17.8 Å². The Bertz CT molecular complexity index is 919. The van der Waals surface area contributed by atoms with E-state index in [-0.39, 0.29) is 5.25 Å². The van der Waals surface area contributed by atoms with Gasteiger partial charge in [0.2, 0.25) is 5.89 Å². The largest absolute Gasteiger partial charge is 0.419 e. The summed E-state index contributed by atoms with van der Waals surface area (Å²) in [6.45, 7) is 7.69. The highest BCUT2D eigenvalue weighted by Gasteiger charge is 2.23. The number of hydrogen-bond donors (Lipinski definition) is 1. The molecule has 1 atom stereocenters. The SMILES string of the molecule is Cc1nc(S[C@H](C)c2nnc(-c3cccs3)o2)c(C(N)=O)c(C)c1C. The van der Waals surface area contributed by atoms with Crippen molar-refractivity contribution in [3.8, 4) is 10.8 Å². The summed E-state index contributed by atoms with van der Waals surface area (Å²) in [6, 6.07) is 3.86. The van der Waals surface area contributed by atoms with Crippen molar-refractivity contribution in [2.75, 3.05) is 0 Å². The molecular formula is C17H18N4O2S2. The number of nitrogens with zero attached hydrogens (tertiary/aromatic N) is 3. The molecule has 0 bridgehead atoms. The van der Waals surface area contributed by atoms with Crippen LogP contribution in [0.25, 0.3) is 10.8 Å². The molecule has 2 N–H and O–H groups in total. The lowest BCUT2D eigenvalue weighted by atomic mass is 10.0. The van der Waals surface area contributed by atoms with Gasteiger partial charge >= 0.3 is 0 Å². The van der Waals surface area contributed by atoms with Gasteiger partial charge in [-0.3, -0.25) is 4.79 Å². The second kappa shape index (κ2) is 6.97. The maximum atomic E-state index is 11.9. The third-order valence-electron chi connectivity index (χ3n) is 4.02. The van der Waals surface area contributed by atoms with Gasteiger partial charge in [0.25, 0.3) is 11.8 Å². The zero-order chi connectivity index (χ0) is 18.1. The number of nitrogens with two attached hydrogens (primary N) is 1. The predicted molar refractivity (Wildman–Crippen MR) is 98.8 cm³/mol. The van der Waals surface area contributed by atoms with Crippen LogP contribution in [0.15, 0.2) is 27.0 Å². The Morgan fingerprint density at radius 2 is 2.04 bits per heavy atom. The van der Waals surface area contributed by atoms with Gasteiger partial charge in [-0.05, 0) is 50.3 Å². The van der Waals surface area contributed by atoms with Crippen LogP contribution < -0.4 is 5.73 Å². The molecule has 0 saturated carbocycles. The average molecular weight is 374 g/mol. The Morgan fingerprint density at radius 1 is 1.28 bits per heavy atom. The van der Waals surface area contributed by atoms with E-state index >= 15 is 0 Å². The van der Waals surface area contributed by atoms with Gasteiger partial charge in [0.05, 0.1) is 15.7 Å². The highest BCUT2D eigenvalue weighted by molar-refractivity contribution is 7.99. The van der Waals surface area contributed by atoms with Gasteiger partial charge in [-0.15, -0.1) is 21.5 Å². The van der Waals surface area contributed by atoms with Crippen LogP contribution in [0.1, 0.15) is 45.2 Å². The molecule has 3 aromatic rings. The molecule has 6 nitrogen and oxygen atoms in total. The third-order valence-corrected chi connectivity index (χ3v) is 5.95. The predicted octanol–water partition coefficient (Wildman–Crippen LogP) is 4.07. The van der Waals surface area contributed by atoms with E-state index in [0.717, 1.165) is 21.7 Å². The number of thiophene rings is 1. The Balaban J connectivity index is 1.91. The van der Waals surface area contributed by atoms with E-state index in [1.54, 1.807) is 11.3 Å². The fourth-order valence-electron chi connectivity index (χ4n) is 2.40. The number of thioether (sulfide) groups is 1. The molecule has 0 aliphatic heterocycles. The molecule has 3 aromatic heterocycles. The minimum absolute atomic E-state index is 0.159. The maximum absolute atomic E-state index is 11.9. The molecule has 3 heterocycles. The van der Waals surface area contributed by atoms with Gasteiger partial charge in [0.1, 0.15) is 5.03 Å². The van der Waals surface area contributed by atoms with Crippen LogP contribution in [0.3, 0.4) is 0 Å². The van der Waals surface area contributed by atoms with Crippen LogP contribution >= 0.6 is 23.1 Å². The summed E-state index contributed by atoms with van der Waals surface area (Å²) in [6.07, 6.45) is 0. The first-order valence-corrected chi connectivity index (χ1v) is 9.46. The Labute approximate surface area is 153 Å². The lowest BCUT2D eigenvalue weighted by Gasteiger charge is -2.15. The fourth-order valence-corrected chi connectivity index (χ4v) is 4.14. The van der Waals surface area contributed by atoms with E-state index in [1.165, 1.54) is 11.8 Å². The minimum atomic E-state index is -0.479. The number of hydrogen-bond acceptors (Lipinski definition) is 7. The number of carbonyl (C=O) groups excluding carboxylic acids is 1. The van der Waals surface area contributed by atoms with Crippen molar-refractivity contribution in [3.63, 3.8) is 0 Å². The van der Waals surface area contributed by atoms with Gasteiger partial charge < -0.3 is 10.2 Å². The zero-order valence-electron chi connectivity index (χ0n) is 14.4. The Kier molecular flexibility index (Phi) is 4.91. The molecule has 130 valence electrons. The van der Waals surface area contributed by atoms with Gasteiger partial charge in [-0.25, -0.2) is 4.98 Å². The highest BCUT2D eigenvalue weighted by atomic mass is 32.2. The first-order valence-electron chi connectivity index (χ1n) is 7.70. The smallest absolute Gasteiger partial charge is 0.257 e. The van der Waals surface area contributed by atoms with Crippen molar-refractivity contribution in [2.24, 2.45) is 5.73 Å². The van der Waals surface area contributed by atoms with Crippen molar-refractivity contribution in [1.82, 2.24) is 15.2 Å². The number of rotatable bonds is 5. The number of primary amides is 1. The molecule has 0 saturated heterocycles. The highest BCUT2D eigenvalue weighted by Crippen LogP contribution is 2.37. The van der Waals surface area contributed by atoms with Crippen molar-refractivity contribution in [3.05, 3.63) is 45.8 Å². The monoisotopic (exact) mass is 374 g/mol. The number of pyridine rings is 1. The Hall–Kier alpha value is -2.19. The second-order valence-electron chi connectivity index (χ2n) is 5.67. The second-order valence-corrected chi connectivity index (χ2v) is 7.95. The van der Waals surface area contributed by atoms with Crippen LogP contribution in [0.4, 0.5) is 0 Å². The van der Waals surface area contributed by atoms with E-state index in [9.17, 15) is 4.79 Å². The number of amides is 1. The Morgan fingerprint density at radius 3 is 2.68 bits per heavy atom. The lowest BCUT2D eigenvalue weighted by molar-refractivity contribution is 0.0996. The molecule has 0 aromatic carbocycles. The molecular weight excluding hydrogens is 356 g/mol. The van der Waals surface area contributed by atoms with Crippen LogP contribution in [0, 0.1) is 20.8 Å². The fraction of sp³-hybridized carbons (Fsp3) is 0.294. The van der Waals surface area contributed by atoms with Crippen LogP contribution in [-0.4, -0.2) is 21.1 Å². The van der Waals surface area contributed by atoms with Crippen LogP contribution in [0.2, 0.25) is 0 Å². The van der Waals surface area contributed by atoms with E-state index in [4.69, 9.17) is 10.2 Å². The molecule has 3 rings (SSSR count). The molecule has 0 fully saturated rings. The molecule has 0 spiro atoms. The standard InChI is InChI=1S/C17H18N4O2S2/c1-8-9(2)13(14(18)22)17(19-10(8)3)25-11(4)15-20-21-16(23-15)12-6-5-7-24-12/h5-7,11H,1-4H3,(H2,18,22)/t11-/m1/s1. The lowest BCUT2D eigenvalue weighted by Crippen LogP contribution is -2.17. The van der Waals surface area contributed by atoms with Crippen molar-refractivity contribution >= 4 is 29.0 Å². The molecule has 0 aliphatic rings. The molecule has 0 unspecified atom stereocenters. The summed E-state index contributed by atoms with van der Waals surface area (Å²) in [5.74, 6) is 0.505. The molecule has 0 radical (unpaired) electrons. The van der Waals surface area contributed by atoms with Crippen LogP contribution in [-0.2, 0) is 0 Å². The van der Waals surface area contributed by atoms with Gasteiger partial charge in [0, 0.05) is 5.69 Å². The molecule has 0 aliphatic carbocycles. The number of carbonyl (C=O) groups is 1. The van der Waals surface area contributed by atoms with E-state index in [1.807, 2.05) is 45.2 Å². The topological polar surface area (TPSA) is 94.9 Å². The summed E-state index contributed by atoms with van der Waals surface area (Å²) in [7, 11) is 0. The quantitative estimate of drug-likeness (QED) is 0.676. The summed E-state index contributed by atoms with van der Waals surface area (Å²) < 4.78 is 5.77. The molecule has 1 amide bonds. The van der Waals surface area contributed by atoms with Gasteiger partial charge in [0.15, 0.2) is 0 Å². The zero-order valence-corrected chi connectivity index (χ0v) is 16.0. The number of aromatic nitrogens is 3. The van der Waals surface area contributed by atoms with Crippen molar-refractivity contribution < 1.29 is 9.21 Å². The van der Waals surface area contributed by atoms with Crippen molar-refractivity contribution in [1.29, 1.82) is 0 Å². The minimum Gasteiger partial charge on any atom is -0.419 e.